The van der Waals surface area contributed by atoms with Crippen LogP contribution in [0.5, 0.6) is 0 Å². The van der Waals surface area contributed by atoms with Gasteiger partial charge in [0.25, 0.3) is 0 Å². The van der Waals surface area contributed by atoms with Crippen molar-refractivity contribution in [2.75, 3.05) is 0 Å². The van der Waals surface area contributed by atoms with E-state index in [1.165, 1.54) is 17.8 Å². The Labute approximate surface area is 108 Å². The summed E-state index contributed by atoms with van der Waals surface area (Å²) in [6.45, 7) is 1.86. The quantitative estimate of drug-likeness (QED) is 0.908. The molecule has 0 unspecified atom stereocenters. The van der Waals surface area contributed by atoms with E-state index in [9.17, 15) is 13.9 Å². The number of aliphatic hydroxyl groups is 1. The Morgan fingerprint density at radius 2 is 1.83 bits per heavy atom. The summed E-state index contributed by atoms with van der Waals surface area (Å²) < 4.78 is 25.9. The minimum atomic E-state index is -0.863. The van der Waals surface area contributed by atoms with E-state index in [4.69, 9.17) is 0 Å². The summed E-state index contributed by atoms with van der Waals surface area (Å²) in [5, 5.41) is 9.27. The van der Waals surface area contributed by atoms with Crippen molar-refractivity contribution >= 4 is 11.8 Å². The van der Waals surface area contributed by atoms with Gasteiger partial charge in [0.2, 0.25) is 0 Å². The van der Waals surface area contributed by atoms with Crippen molar-refractivity contribution in [1.29, 1.82) is 0 Å². The molecule has 2 rings (SSSR count). The molecule has 0 spiro atoms. The minimum absolute atomic E-state index is 0.0757. The van der Waals surface area contributed by atoms with E-state index >= 15 is 0 Å². The van der Waals surface area contributed by atoms with E-state index in [-0.39, 0.29) is 6.61 Å². The fourth-order valence-corrected chi connectivity index (χ4v) is 2.54. The Balaban J connectivity index is 2.30. The fourth-order valence-electron chi connectivity index (χ4n) is 1.60. The van der Waals surface area contributed by atoms with Crippen molar-refractivity contribution < 1.29 is 13.9 Å². The lowest BCUT2D eigenvalue weighted by Gasteiger charge is -2.08. The summed E-state index contributed by atoms with van der Waals surface area (Å²) in [4.78, 5) is 1.45. The molecule has 18 heavy (non-hydrogen) atoms. The molecule has 0 aromatic heterocycles. The summed E-state index contributed by atoms with van der Waals surface area (Å²) in [5.41, 5.74) is 1.83. The Bertz CT molecular complexity index is 570. The second-order valence-corrected chi connectivity index (χ2v) is 5.06. The monoisotopic (exact) mass is 266 g/mol. The molecule has 0 radical (unpaired) electrons. The number of halogens is 2. The number of hydrogen-bond acceptors (Lipinski definition) is 2. The van der Waals surface area contributed by atoms with E-state index < -0.39 is 11.6 Å². The highest BCUT2D eigenvalue weighted by molar-refractivity contribution is 7.99. The number of aryl methyl sites for hydroxylation is 1. The van der Waals surface area contributed by atoms with Gasteiger partial charge < -0.3 is 5.11 Å². The van der Waals surface area contributed by atoms with Gasteiger partial charge in [-0.15, -0.1) is 0 Å². The Morgan fingerprint density at radius 1 is 1.06 bits per heavy atom. The molecule has 0 saturated carbocycles. The van der Waals surface area contributed by atoms with Crippen molar-refractivity contribution in [3.63, 3.8) is 0 Å². The van der Waals surface area contributed by atoms with Crippen LogP contribution in [0.2, 0.25) is 0 Å². The van der Waals surface area contributed by atoms with Crippen molar-refractivity contribution in [2.24, 2.45) is 0 Å². The number of benzene rings is 2. The Kier molecular flexibility index (Phi) is 3.99. The summed E-state index contributed by atoms with van der Waals surface area (Å²) in [7, 11) is 0. The second-order valence-electron chi connectivity index (χ2n) is 3.95. The molecule has 4 heteroatoms. The van der Waals surface area contributed by atoms with E-state index in [1.807, 2.05) is 25.1 Å². The normalized spacial score (nSPS) is 10.7. The van der Waals surface area contributed by atoms with Crippen LogP contribution in [0.25, 0.3) is 0 Å². The van der Waals surface area contributed by atoms with Crippen molar-refractivity contribution in [3.05, 3.63) is 59.2 Å². The Hall–Kier alpha value is -1.39. The third-order valence-electron chi connectivity index (χ3n) is 2.51. The Morgan fingerprint density at radius 3 is 2.50 bits per heavy atom. The highest BCUT2D eigenvalue weighted by Crippen LogP contribution is 2.31. The van der Waals surface area contributed by atoms with E-state index in [0.717, 1.165) is 28.2 Å². The first-order chi connectivity index (χ1) is 8.60. The van der Waals surface area contributed by atoms with Gasteiger partial charge in [-0.05, 0) is 36.8 Å². The summed E-state index contributed by atoms with van der Waals surface area (Å²) in [6.07, 6.45) is 0. The molecular weight excluding hydrogens is 254 g/mol. The standard InChI is InChI=1S/C14H12F2OS/c1-9-2-5-14(10(6-9)8-17)18-11-3-4-12(15)13(16)7-11/h2-7,17H,8H2,1H3. The number of rotatable bonds is 3. The number of aliphatic hydroxyl groups excluding tert-OH is 1. The van der Waals surface area contributed by atoms with E-state index in [0.29, 0.717) is 4.90 Å². The fraction of sp³-hybridized carbons (Fsp3) is 0.143. The predicted octanol–water partition coefficient (Wildman–Crippen LogP) is 3.92. The van der Waals surface area contributed by atoms with Crippen LogP contribution in [0.3, 0.4) is 0 Å². The second kappa shape index (κ2) is 5.50. The maximum Gasteiger partial charge on any atom is 0.159 e. The first-order valence-corrected chi connectivity index (χ1v) is 6.25. The number of hydrogen-bond donors (Lipinski definition) is 1. The molecule has 0 amide bonds. The predicted molar refractivity (Wildman–Crippen MR) is 67.6 cm³/mol. The smallest absolute Gasteiger partial charge is 0.159 e. The molecule has 0 fully saturated rings. The molecule has 0 aliphatic carbocycles. The molecule has 0 bridgehead atoms. The zero-order valence-electron chi connectivity index (χ0n) is 9.78. The minimum Gasteiger partial charge on any atom is -0.392 e. The molecule has 0 aliphatic rings. The molecule has 2 aromatic rings. The molecule has 0 saturated heterocycles. The van der Waals surface area contributed by atoms with Crippen LogP contribution in [-0.2, 0) is 6.61 Å². The highest BCUT2D eigenvalue weighted by atomic mass is 32.2. The molecule has 0 heterocycles. The lowest BCUT2D eigenvalue weighted by Crippen LogP contribution is -1.89. The average molecular weight is 266 g/mol. The first kappa shape index (κ1) is 13.1. The van der Waals surface area contributed by atoms with Gasteiger partial charge in [0, 0.05) is 9.79 Å². The van der Waals surface area contributed by atoms with Gasteiger partial charge in [-0.2, -0.15) is 0 Å². The van der Waals surface area contributed by atoms with Crippen LogP contribution in [0.4, 0.5) is 8.78 Å². The molecule has 0 atom stereocenters. The van der Waals surface area contributed by atoms with Crippen LogP contribution in [0.15, 0.2) is 46.2 Å². The topological polar surface area (TPSA) is 20.2 Å². The van der Waals surface area contributed by atoms with Gasteiger partial charge in [0.1, 0.15) is 0 Å². The molecule has 1 N–H and O–H groups in total. The van der Waals surface area contributed by atoms with Crippen LogP contribution < -0.4 is 0 Å². The largest absolute Gasteiger partial charge is 0.392 e. The summed E-state index contributed by atoms with van der Waals surface area (Å²) in [5.74, 6) is -1.72. The lowest BCUT2D eigenvalue weighted by atomic mass is 10.1. The lowest BCUT2D eigenvalue weighted by molar-refractivity contribution is 0.279. The van der Waals surface area contributed by atoms with Crippen LogP contribution >= 0.6 is 11.8 Å². The summed E-state index contributed by atoms with van der Waals surface area (Å²) >= 11 is 1.30. The summed E-state index contributed by atoms with van der Waals surface area (Å²) in [6, 6.07) is 9.44. The third-order valence-corrected chi connectivity index (χ3v) is 3.61. The SMILES string of the molecule is Cc1ccc(Sc2ccc(F)c(F)c2)c(CO)c1. The highest BCUT2D eigenvalue weighted by Gasteiger charge is 2.07. The zero-order chi connectivity index (χ0) is 13.1. The molecule has 1 nitrogen and oxygen atoms in total. The van der Waals surface area contributed by atoms with Crippen molar-refractivity contribution in [1.82, 2.24) is 0 Å². The average Bonchev–Trinajstić information content (AvgIpc) is 2.36. The maximum atomic E-state index is 13.1. The van der Waals surface area contributed by atoms with E-state index in [2.05, 4.69) is 0 Å². The van der Waals surface area contributed by atoms with Crippen molar-refractivity contribution in [2.45, 2.75) is 23.3 Å². The molecule has 0 aliphatic heterocycles. The molecule has 94 valence electrons. The van der Waals surface area contributed by atoms with Gasteiger partial charge in [0.05, 0.1) is 6.61 Å². The van der Waals surface area contributed by atoms with Crippen LogP contribution in [-0.4, -0.2) is 5.11 Å². The zero-order valence-corrected chi connectivity index (χ0v) is 10.6. The van der Waals surface area contributed by atoms with Gasteiger partial charge in [-0.1, -0.05) is 29.5 Å². The van der Waals surface area contributed by atoms with Gasteiger partial charge >= 0.3 is 0 Å². The first-order valence-electron chi connectivity index (χ1n) is 5.43. The van der Waals surface area contributed by atoms with Crippen molar-refractivity contribution in [3.8, 4) is 0 Å². The van der Waals surface area contributed by atoms with Gasteiger partial charge in [-0.3, -0.25) is 0 Å². The third kappa shape index (κ3) is 2.89. The van der Waals surface area contributed by atoms with Gasteiger partial charge in [0.15, 0.2) is 11.6 Å². The van der Waals surface area contributed by atoms with Crippen LogP contribution in [0.1, 0.15) is 11.1 Å². The maximum absolute atomic E-state index is 13.1. The van der Waals surface area contributed by atoms with E-state index in [1.54, 1.807) is 0 Å². The molecular formula is C14H12F2OS. The molecule has 2 aromatic carbocycles. The van der Waals surface area contributed by atoms with Gasteiger partial charge in [-0.25, -0.2) is 8.78 Å². The van der Waals surface area contributed by atoms with Crippen LogP contribution in [0, 0.1) is 18.6 Å².